The number of aromatic amines is 1. The van der Waals surface area contributed by atoms with Gasteiger partial charge in [0.25, 0.3) is 0 Å². The predicted molar refractivity (Wildman–Crippen MR) is 98.1 cm³/mol. The molecule has 0 radical (unpaired) electrons. The lowest BCUT2D eigenvalue weighted by Gasteiger charge is -2.04. The van der Waals surface area contributed by atoms with Crippen LogP contribution in [-0.2, 0) is 4.79 Å². The Morgan fingerprint density at radius 2 is 2.08 bits per heavy atom. The lowest BCUT2D eigenvalue weighted by atomic mass is 10.2. The van der Waals surface area contributed by atoms with Crippen molar-refractivity contribution in [3.63, 3.8) is 0 Å². The summed E-state index contributed by atoms with van der Waals surface area (Å²) >= 11 is 2.45. The summed E-state index contributed by atoms with van der Waals surface area (Å²) in [5.74, 6) is 0.172. The maximum absolute atomic E-state index is 12.0. The zero-order valence-corrected chi connectivity index (χ0v) is 14.5. The fourth-order valence-corrected chi connectivity index (χ4v) is 3.22. The number of hydrogen-bond acceptors (Lipinski definition) is 5. The zero-order chi connectivity index (χ0) is 16.9. The van der Waals surface area contributed by atoms with Crippen molar-refractivity contribution in [3.8, 4) is 5.40 Å². The Morgan fingerprint density at radius 3 is 2.83 bits per heavy atom. The summed E-state index contributed by atoms with van der Waals surface area (Å²) in [6, 6.07) is 13.2. The molecule has 0 spiro atoms. The van der Waals surface area contributed by atoms with Crippen LogP contribution in [0.5, 0.6) is 0 Å². The number of amides is 1. The van der Waals surface area contributed by atoms with E-state index in [0.717, 1.165) is 32.8 Å². The van der Waals surface area contributed by atoms with E-state index < -0.39 is 0 Å². The van der Waals surface area contributed by atoms with Gasteiger partial charge in [0.1, 0.15) is 5.40 Å². The summed E-state index contributed by atoms with van der Waals surface area (Å²) in [5, 5.41) is 14.2. The van der Waals surface area contributed by atoms with Gasteiger partial charge in [0.15, 0.2) is 5.16 Å². The molecule has 120 valence electrons. The molecule has 1 aromatic heterocycles. The van der Waals surface area contributed by atoms with Gasteiger partial charge in [-0.05, 0) is 60.6 Å². The number of carbonyl (C=O) groups excluding carboxylic acids is 1. The summed E-state index contributed by atoms with van der Waals surface area (Å²) in [4.78, 5) is 20.6. The van der Waals surface area contributed by atoms with Crippen LogP contribution in [0.3, 0.4) is 0 Å². The zero-order valence-electron chi connectivity index (χ0n) is 12.9. The van der Waals surface area contributed by atoms with Crippen LogP contribution >= 0.6 is 23.5 Å². The van der Waals surface area contributed by atoms with Crippen LogP contribution in [0.25, 0.3) is 11.0 Å². The highest BCUT2D eigenvalue weighted by molar-refractivity contribution is 8.03. The molecule has 5 nitrogen and oxygen atoms in total. The molecule has 0 unspecified atom stereocenters. The number of anilines is 1. The van der Waals surface area contributed by atoms with Crippen molar-refractivity contribution in [2.24, 2.45) is 0 Å². The van der Waals surface area contributed by atoms with Gasteiger partial charge in [0.05, 0.1) is 16.8 Å². The highest BCUT2D eigenvalue weighted by atomic mass is 32.2. The molecule has 0 bridgehead atoms. The van der Waals surface area contributed by atoms with E-state index in [4.69, 9.17) is 5.26 Å². The largest absolute Gasteiger partial charge is 0.333 e. The first-order chi connectivity index (χ1) is 11.6. The molecular weight excluding hydrogens is 340 g/mol. The van der Waals surface area contributed by atoms with Gasteiger partial charge in [-0.25, -0.2) is 4.98 Å². The molecule has 0 aliphatic carbocycles. The number of thioether (sulfide) groups is 2. The van der Waals surface area contributed by atoms with Crippen molar-refractivity contribution < 1.29 is 4.79 Å². The van der Waals surface area contributed by atoms with Crippen molar-refractivity contribution in [3.05, 3.63) is 48.0 Å². The van der Waals surface area contributed by atoms with Crippen LogP contribution in [0.1, 0.15) is 5.56 Å². The van der Waals surface area contributed by atoms with Crippen LogP contribution in [0, 0.1) is 17.6 Å². The molecule has 1 heterocycles. The van der Waals surface area contributed by atoms with E-state index in [1.54, 1.807) is 24.3 Å². The molecule has 0 saturated heterocycles. The third-order valence-electron chi connectivity index (χ3n) is 3.26. The minimum Gasteiger partial charge on any atom is -0.333 e. The second-order valence-electron chi connectivity index (χ2n) is 5.12. The normalized spacial score (nSPS) is 10.5. The summed E-state index contributed by atoms with van der Waals surface area (Å²) in [6.45, 7) is 2.03. The molecular formula is C17H14N4OS2. The molecule has 2 aromatic carbocycles. The number of nitrogens with zero attached hydrogens (tertiary/aromatic N) is 2. The number of imidazole rings is 1. The fraction of sp³-hybridized carbons (Fsp3) is 0.118. The van der Waals surface area contributed by atoms with Gasteiger partial charge < -0.3 is 10.3 Å². The SMILES string of the molecule is Cc1ccc2nc(SCC(=O)Nc3ccc(SC#N)cc3)[nH]c2c1. The summed E-state index contributed by atoms with van der Waals surface area (Å²) in [6.07, 6.45) is 0. The molecule has 0 fully saturated rings. The standard InChI is InChI=1S/C17H14N4OS2/c1-11-2-7-14-15(8-11)21-17(20-14)23-9-16(22)19-12-3-5-13(6-4-12)24-10-18/h2-8H,9H2,1H3,(H,19,22)(H,20,21). The Morgan fingerprint density at radius 1 is 1.29 bits per heavy atom. The third kappa shape index (κ3) is 4.10. The van der Waals surface area contributed by atoms with Gasteiger partial charge in [0, 0.05) is 10.6 Å². The highest BCUT2D eigenvalue weighted by Gasteiger charge is 2.08. The maximum Gasteiger partial charge on any atom is 0.234 e. The van der Waals surface area contributed by atoms with E-state index in [9.17, 15) is 4.79 Å². The quantitative estimate of drug-likeness (QED) is 0.531. The van der Waals surface area contributed by atoms with Crippen LogP contribution < -0.4 is 5.32 Å². The molecule has 2 N–H and O–H groups in total. The Labute approximate surface area is 147 Å². The number of carbonyl (C=O) groups is 1. The molecule has 0 saturated carbocycles. The number of thiocyanates is 1. The second kappa shape index (κ2) is 7.43. The Bertz CT molecular complexity index is 912. The molecule has 3 aromatic rings. The lowest BCUT2D eigenvalue weighted by molar-refractivity contribution is -0.113. The molecule has 0 aliphatic rings. The number of aromatic nitrogens is 2. The number of benzene rings is 2. The number of nitrogens with one attached hydrogen (secondary N) is 2. The number of fused-ring (bicyclic) bond motifs is 1. The predicted octanol–water partition coefficient (Wildman–Crippen LogP) is 4.18. The van der Waals surface area contributed by atoms with Crippen molar-refractivity contribution in [2.75, 3.05) is 11.1 Å². The van der Waals surface area contributed by atoms with Crippen LogP contribution in [-0.4, -0.2) is 21.6 Å². The minimum absolute atomic E-state index is 0.0997. The van der Waals surface area contributed by atoms with Crippen molar-refractivity contribution in [1.29, 1.82) is 5.26 Å². The first-order valence-corrected chi connectivity index (χ1v) is 8.99. The maximum atomic E-state index is 12.0. The number of nitriles is 1. The summed E-state index contributed by atoms with van der Waals surface area (Å²) in [7, 11) is 0. The van der Waals surface area contributed by atoms with Gasteiger partial charge in [-0.15, -0.1) is 0 Å². The smallest absolute Gasteiger partial charge is 0.234 e. The van der Waals surface area contributed by atoms with Crippen molar-refractivity contribution in [2.45, 2.75) is 17.0 Å². The summed E-state index contributed by atoms with van der Waals surface area (Å²) in [5.41, 5.74) is 3.75. The first kappa shape index (κ1) is 16.4. The Hall–Kier alpha value is -2.43. The van der Waals surface area contributed by atoms with E-state index in [0.29, 0.717) is 5.69 Å². The molecule has 0 atom stereocenters. The number of aryl methyl sites for hydroxylation is 1. The van der Waals surface area contributed by atoms with E-state index in [1.807, 2.05) is 30.5 Å². The van der Waals surface area contributed by atoms with E-state index in [1.165, 1.54) is 17.3 Å². The Kier molecular flexibility index (Phi) is 5.08. The van der Waals surface area contributed by atoms with Gasteiger partial charge >= 0.3 is 0 Å². The first-order valence-electron chi connectivity index (χ1n) is 7.19. The van der Waals surface area contributed by atoms with E-state index in [-0.39, 0.29) is 11.7 Å². The van der Waals surface area contributed by atoms with Crippen LogP contribution in [0.15, 0.2) is 52.5 Å². The van der Waals surface area contributed by atoms with Crippen LogP contribution in [0.2, 0.25) is 0 Å². The molecule has 1 amide bonds. The third-order valence-corrected chi connectivity index (χ3v) is 4.73. The number of hydrogen-bond donors (Lipinski definition) is 2. The topological polar surface area (TPSA) is 81.6 Å². The van der Waals surface area contributed by atoms with E-state index in [2.05, 4.69) is 15.3 Å². The molecule has 7 heteroatoms. The Balaban J connectivity index is 1.57. The minimum atomic E-state index is -0.0997. The van der Waals surface area contributed by atoms with Crippen molar-refractivity contribution >= 4 is 46.2 Å². The van der Waals surface area contributed by atoms with Crippen LogP contribution in [0.4, 0.5) is 5.69 Å². The van der Waals surface area contributed by atoms with Gasteiger partial charge in [-0.3, -0.25) is 4.79 Å². The molecule has 0 aliphatic heterocycles. The fourth-order valence-electron chi connectivity index (χ4n) is 2.16. The summed E-state index contributed by atoms with van der Waals surface area (Å²) < 4.78 is 0. The van der Waals surface area contributed by atoms with Crippen molar-refractivity contribution in [1.82, 2.24) is 9.97 Å². The second-order valence-corrected chi connectivity index (χ2v) is 6.94. The average Bonchev–Trinajstić information content (AvgIpc) is 2.97. The number of H-pyrrole nitrogens is 1. The highest BCUT2D eigenvalue weighted by Crippen LogP contribution is 2.21. The van der Waals surface area contributed by atoms with Gasteiger partial charge in [0.2, 0.25) is 5.91 Å². The number of rotatable bonds is 5. The van der Waals surface area contributed by atoms with Gasteiger partial charge in [-0.1, -0.05) is 17.8 Å². The lowest BCUT2D eigenvalue weighted by Crippen LogP contribution is -2.13. The average molecular weight is 354 g/mol. The monoisotopic (exact) mass is 354 g/mol. The molecule has 24 heavy (non-hydrogen) atoms. The van der Waals surface area contributed by atoms with E-state index >= 15 is 0 Å². The van der Waals surface area contributed by atoms with Gasteiger partial charge in [-0.2, -0.15) is 5.26 Å². The molecule has 3 rings (SSSR count).